The summed E-state index contributed by atoms with van der Waals surface area (Å²) in [4.78, 5) is 21.3. The van der Waals surface area contributed by atoms with Gasteiger partial charge in [0, 0.05) is 13.0 Å². The second-order valence-electron chi connectivity index (χ2n) is 3.85. The molecule has 0 saturated carbocycles. The SMILES string of the molecule is CCCCO.CCCCOC(=O)CCC(C)=O. The normalized spacial score (nSPS) is 9.18. The van der Waals surface area contributed by atoms with Gasteiger partial charge < -0.3 is 14.6 Å². The number of carbonyl (C=O) groups is 2. The quantitative estimate of drug-likeness (QED) is 0.528. The molecule has 0 bridgehead atoms. The van der Waals surface area contributed by atoms with Crippen LogP contribution < -0.4 is 0 Å². The summed E-state index contributed by atoms with van der Waals surface area (Å²) in [5.41, 5.74) is 0. The van der Waals surface area contributed by atoms with E-state index in [0.717, 1.165) is 25.7 Å². The van der Waals surface area contributed by atoms with E-state index in [2.05, 4.69) is 6.92 Å². The molecular formula is C13H26O4. The van der Waals surface area contributed by atoms with Gasteiger partial charge in [-0.25, -0.2) is 0 Å². The molecule has 0 aromatic heterocycles. The van der Waals surface area contributed by atoms with Crippen LogP contribution in [0.4, 0.5) is 0 Å². The molecule has 4 heteroatoms. The number of unbranched alkanes of at least 4 members (excludes halogenated alkanes) is 2. The van der Waals surface area contributed by atoms with Gasteiger partial charge in [-0.1, -0.05) is 26.7 Å². The van der Waals surface area contributed by atoms with E-state index in [0.29, 0.717) is 19.6 Å². The Bertz CT molecular complexity index is 188. The first-order valence-corrected chi connectivity index (χ1v) is 6.34. The third kappa shape index (κ3) is 21.0. The summed E-state index contributed by atoms with van der Waals surface area (Å²) in [5, 5.41) is 8.07. The third-order valence-electron chi connectivity index (χ3n) is 1.95. The zero-order chi connectivity index (χ0) is 13.5. The predicted molar refractivity (Wildman–Crippen MR) is 67.8 cm³/mol. The first-order valence-electron chi connectivity index (χ1n) is 6.34. The predicted octanol–water partition coefficient (Wildman–Crippen LogP) is 2.48. The molecule has 0 aliphatic rings. The molecule has 0 fully saturated rings. The molecule has 0 spiro atoms. The van der Waals surface area contributed by atoms with Crippen LogP contribution in [0.15, 0.2) is 0 Å². The number of aliphatic hydroxyl groups excluding tert-OH is 1. The number of carbonyl (C=O) groups excluding carboxylic acids is 2. The van der Waals surface area contributed by atoms with E-state index in [-0.39, 0.29) is 18.2 Å². The molecule has 0 aliphatic heterocycles. The van der Waals surface area contributed by atoms with Gasteiger partial charge in [0.1, 0.15) is 5.78 Å². The fourth-order valence-corrected chi connectivity index (χ4v) is 0.839. The number of esters is 1. The number of rotatable bonds is 8. The Hall–Kier alpha value is -0.900. The molecule has 1 N–H and O–H groups in total. The van der Waals surface area contributed by atoms with Gasteiger partial charge in [0.25, 0.3) is 0 Å². The zero-order valence-electron chi connectivity index (χ0n) is 11.3. The van der Waals surface area contributed by atoms with Crippen LogP contribution in [0.1, 0.15) is 59.3 Å². The number of aliphatic hydroxyl groups is 1. The van der Waals surface area contributed by atoms with Crippen molar-refractivity contribution in [1.29, 1.82) is 0 Å². The van der Waals surface area contributed by atoms with Gasteiger partial charge in [0.2, 0.25) is 0 Å². The molecule has 17 heavy (non-hydrogen) atoms. The second-order valence-corrected chi connectivity index (χ2v) is 3.85. The van der Waals surface area contributed by atoms with Crippen molar-refractivity contribution >= 4 is 11.8 Å². The van der Waals surface area contributed by atoms with Crippen LogP contribution in [0.25, 0.3) is 0 Å². The molecule has 4 nitrogen and oxygen atoms in total. The summed E-state index contributed by atoms with van der Waals surface area (Å²) >= 11 is 0. The summed E-state index contributed by atoms with van der Waals surface area (Å²) in [7, 11) is 0. The Balaban J connectivity index is 0. The Morgan fingerprint density at radius 3 is 2.00 bits per heavy atom. The first-order chi connectivity index (χ1) is 8.08. The molecule has 102 valence electrons. The topological polar surface area (TPSA) is 63.6 Å². The fraction of sp³-hybridized carbons (Fsp3) is 0.846. The Morgan fingerprint density at radius 1 is 1.06 bits per heavy atom. The lowest BCUT2D eigenvalue weighted by Crippen LogP contribution is -2.07. The van der Waals surface area contributed by atoms with Gasteiger partial charge in [0.05, 0.1) is 13.0 Å². The zero-order valence-corrected chi connectivity index (χ0v) is 11.3. The Kier molecular flexibility index (Phi) is 16.4. The smallest absolute Gasteiger partial charge is 0.306 e. The molecule has 0 amide bonds. The van der Waals surface area contributed by atoms with Gasteiger partial charge in [-0.2, -0.15) is 0 Å². The maximum Gasteiger partial charge on any atom is 0.306 e. The van der Waals surface area contributed by atoms with Crippen molar-refractivity contribution in [2.75, 3.05) is 13.2 Å². The van der Waals surface area contributed by atoms with E-state index in [1.807, 2.05) is 6.92 Å². The van der Waals surface area contributed by atoms with Crippen LogP contribution in [0, 0.1) is 0 Å². The van der Waals surface area contributed by atoms with Crippen molar-refractivity contribution in [1.82, 2.24) is 0 Å². The molecular weight excluding hydrogens is 220 g/mol. The van der Waals surface area contributed by atoms with Gasteiger partial charge in [-0.3, -0.25) is 4.79 Å². The maximum absolute atomic E-state index is 10.8. The molecule has 0 rings (SSSR count). The third-order valence-corrected chi connectivity index (χ3v) is 1.95. The summed E-state index contributed by atoms with van der Waals surface area (Å²) in [6.07, 6.45) is 4.46. The molecule has 0 heterocycles. The van der Waals surface area contributed by atoms with E-state index >= 15 is 0 Å². The molecule has 0 aliphatic carbocycles. The van der Waals surface area contributed by atoms with Crippen LogP contribution in [0.2, 0.25) is 0 Å². The van der Waals surface area contributed by atoms with E-state index in [9.17, 15) is 9.59 Å². The Labute approximate surface area is 104 Å². The van der Waals surface area contributed by atoms with E-state index in [1.165, 1.54) is 6.92 Å². The number of Topliss-reactive ketones (excluding diaryl/α,β-unsaturated/α-hetero) is 1. The van der Waals surface area contributed by atoms with Crippen LogP contribution in [-0.4, -0.2) is 30.1 Å². The van der Waals surface area contributed by atoms with E-state index in [1.54, 1.807) is 0 Å². The molecule has 0 saturated heterocycles. The highest BCUT2D eigenvalue weighted by Crippen LogP contribution is 1.95. The van der Waals surface area contributed by atoms with Crippen LogP contribution in [0.5, 0.6) is 0 Å². The Morgan fingerprint density at radius 2 is 1.65 bits per heavy atom. The lowest BCUT2D eigenvalue weighted by molar-refractivity contribution is -0.144. The highest BCUT2D eigenvalue weighted by molar-refractivity contribution is 5.80. The minimum Gasteiger partial charge on any atom is -0.466 e. The van der Waals surface area contributed by atoms with Gasteiger partial charge in [-0.15, -0.1) is 0 Å². The number of hydrogen-bond acceptors (Lipinski definition) is 4. The van der Waals surface area contributed by atoms with Crippen molar-refractivity contribution in [2.24, 2.45) is 0 Å². The van der Waals surface area contributed by atoms with Crippen LogP contribution in [0.3, 0.4) is 0 Å². The van der Waals surface area contributed by atoms with Crippen LogP contribution in [-0.2, 0) is 14.3 Å². The highest BCUT2D eigenvalue weighted by Gasteiger charge is 2.03. The standard InChI is InChI=1S/C9H16O3.C4H10O/c1-3-4-7-12-9(11)6-5-8(2)10;1-2-3-4-5/h3-7H2,1-2H3;5H,2-4H2,1H3. The molecule has 0 atom stereocenters. The largest absolute Gasteiger partial charge is 0.466 e. The fourth-order valence-electron chi connectivity index (χ4n) is 0.839. The molecule has 0 unspecified atom stereocenters. The number of ether oxygens (including phenoxy) is 1. The average molecular weight is 246 g/mol. The summed E-state index contributed by atoms with van der Waals surface area (Å²) in [6.45, 7) is 6.38. The summed E-state index contributed by atoms with van der Waals surface area (Å²) < 4.78 is 4.84. The lowest BCUT2D eigenvalue weighted by atomic mass is 10.2. The number of hydrogen-bond donors (Lipinski definition) is 1. The highest BCUT2D eigenvalue weighted by atomic mass is 16.5. The molecule has 0 aromatic carbocycles. The molecule has 0 radical (unpaired) electrons. The van der Waals surface area contributed by atoms with Crippen LogP contribution >= 0.6 is 0 Å². The van der Waals surface area contributed by atoms with Gasteiger partial charge >= 0.3 is 5.97 Å². The minimum absolute atomic E-state index is 0.0300. The summed E-state index contributed by atoms with van der Waals surface area (Å²) in [6, 6.07) is 0. The number of ketones is 1. The average Bonchev–Trinajstić information content (AvgIpc) is 2.29. The lowest BCUT2D eigenvalue weighted by Gasteiger charge is -2.01. The monoisotopic (exact) mass is 246 g/mol. The molecule has 0 aromatic rings. The minimum atomic E-state index is -0.265. The van der Waals surface area contributed by atoms with Crippen molar-refractivity contribution < 1.29 is 19.4 Å². The first kappa shape index (κ1) is 18.5. The maximum atomic E-state index is 10.8. The van der Waals surface area contributed by atoms with Crippen molar-refractivity contribution in [3.8, 4) is 0 Å². The second kappa shape index (κ2) is 15.1. The van der Waals surface area contributed by atoms with Crippen molar-refractivity contribution in [3.05, 3.63) is 0 Å². The van der Waals surface area contributed by atoms with E-state index < -0.39 is 0 Å². The van der Waals surface area contributed by atoms with Crippen molar-refractivity contribution in [3.63, 3.8) is 0 Å². The van der Waals surface area contributed by atoms with Gasteiger partial charge in [-0.05, 0) is 19.8 Å². The summed E-state index contributed by atoms with van der Waals surface area (Å²) in [5.74, 6) is -0.235. The van der Waals surface area contributed by atoms with Gasteiger partial charge in [0.15, 0.2) is 0 Å². The van der Waals surface area contributed by atoms with Crippen molar-refractivity contribution in [2.45, 2.75) is 59.3 Å². The van der Waals surface area contributed by atoms with E-state index in [4.69, 9.17) is 9.84 Å².